The Morgan fingerprint density at radius 3 is 2.57 bits per heavy atom. The van der Waals surface area contributed by atoms with Crippen molar-refractivity contribution in [1.82, 2.24) is 5.32 Å². The van der Waals surface area contributed by atoms with Crippen molar-refractivity contribution in [3.8, 4) is 0 Å². The molecule has 2 aromatic rings. The molecule has 1 aliphatic rings. The van der Waals surface area contributed by atoms with Crippen LogP contribution in [0.15, 0.2) is 36.4 Å². The topological polar surface area (TPSA) is 104 Å². The summed E-state index contributed by atoms with van der Waals surface area (Å²) in [6.07, 6.45) is 4.38. The average molecular weight is 500 g/mol. The van der Waals surface area contributed by atoms with Gasteiger partial charge in [-0.15, -0.1) is 0 Å². The zero-order valence-electron chi connectivity index (χ0n) is 21.1. The number of hydrogen-bond acceptors (Lipinski definition) is 5. The van der Waals surface area contributed by atoms with E-state index in [0.29, 0.717) is 29.4 Å². The first-order chi connectivity index (χ1) is 16.6. The number of aryl methyl sites for hydroxylation is 2. The molecule has 2 aromatic carbocycles. The summed E-state index contributed by atoms with van der Waals surface area (Å²) in [5.41, 5.74) is 4.18. The van der Waals surface area contributed by atoms with Crippen LogP contribution in [0.5, 0.6) is 0 Å². The summed E-state index contributed by atoms with van der Waals surface area (Å²) in [5, 5.41) is 8.81. The molecule has 0 saturated heterocycles. The summed E-state index contributed by atoms with van der Waals surface area (Å²) in [5.74, 6) is -0.594. The minimum Gasteiger partial charge on any atom is -0.371 e. The van der Waals surface area contributed by atoms with Gasteiger partial charge in [-0.1, -0.05) is 56.9 Å². The molecule has 8 heteroatoms. The summed E-state index contributed by atoms with van der Waals surface area (Å²) < 4.78 is 25.8. The largest absolute Gasteiger partial charge is 0.371 e. The van der Waals surface area contributed by atoms with Gasteiger partial charge in [-0.3, -0.25) is 9.59 Å². The van der Waals surface area contributed by atoms with Crippen LogP contribution >= 0.6 is 0 Å². The number of unbranched alkanes of at least 4 members (excludes halogenated alkanes) is 1. The molecule has 2 atom stereocenters. The molecule has 1 aliphatic heterocycles. The number of nitrogens with one attached hydrogen (secondary N) is 3. The zero-order chi connectivity index (χ0) is 25.6. The molecule has 2 amide bonds. The maximum Gasteiger partial charge on any atom is 0.251 e. The fraction of sp³-hybridized carbons (Fsp3) is 0.481. The summed E-state index contributed by atoms with van der Waals surface area (Å²) in [6.45, 7) is 8.72. The molecule has 0 unspecified atom stereocenters. The lowest BCUT2D eigenvalue weighted by molar-refractivity contribution is -0.116. The van der Waals surface area contributed by atoms with E-state index in [1.165, 1.54) is 0 Å². The Morgan fingerprint density at radius 1 is 1.09 bits per heavy atom. The van der Waals surface area contributed by atoms with Crippen LogP contribution in [0.25, 0.3) is 0 Å². The smallest absolute Gasteiger partial charge is 0.251 e. The van der Waals surface area contributed by atoms with Crippen LogP contribution in [0.4, 0.5) is 11.4 Å². The highest BCUT2D eigenvalue weighted by Gasteiger charge is 2.31. The SMILES string of the molecule is CCCC[C@@H](CC)CNC(=O)c1ccc2c(c1)NC(=O)[C@H](CS(=O)(=O)Cc1cc(C)ccc1C)N2. The molecule has 1 heterocycles. The van der Waals surface area contributed by atoms with Crippen molar-refractivity contribution < 1.29 is 18.0 Å². The molecule has 0 saturated carbocycles. The third kappa shape index (κ3) is 7.31. The van der Waals surface area contributed by atoms with Gasteiger partial charge in [0.15, 0.2) is 9.84 Å². The Kier molecular flexibility index (Phi) is 8.94. The average Bonchev–Trinajstić information content (AvgIpc) is 2.81. The third-order valence-corrected chi connectivity index (χ3v) is 8.17. The second-order valence-electron chi connectivity index (χ2n) is 9.56. The number of anilines is 2. The first-order valence-corrected chi connectivity index (χ1v) is 14.2. The van der Waals surface area contributed by atoms with Gasteiger partial charge >= 0.3 is 0 Å². The van der Waals surface area contributed by atoms with Gasteiger partial charge in [-0.2, -0.15) is 0 Å². The van der Waals surface area contributed by atoms with Crippen LogP contribution in [-0.4, -0.2) is 38.6 Å². The number of carbonyl (C=O) groups excluding carboxylic acids is 2. The molecular weight excluding hydrogens is 462 g/mol. The molecular formula is C27H37N3O4S. The molecule has 0 spiro atoms. The molecule has 0 fully saturated rings. The Hall–Kier alpha value is -2.87. The summed E-state index contributed by atoms with van der Waals surface area (Å²) in [4.78, 5) is 25.4. The van der Waals surface area contributed by atoms with Crippen LogP contribution < -0.4 is 16.0 Å². The number of amides is 2. The molecule has 3 rings (SSSR count). The molecule has 35 heavy (non-hydrogen) atoms. The fourth-order valence-corrected chi connectivity index (χ4v) is 5.94. The maximum absolute atomic E-state index is 12.9. The number of hydrogen-bond donors (Lipinski definition) is 3. The molecule has 0 aromatic heterocycles. The summed E-state index contributed by atoms with van der Waals surface area (Å²) >= 11 is 0. The Balaban J connectivity index is 1.64. The van der Waals surface area contributed by atoms with Gasteiger partial charge in [0.1, 0.15) is 6.04 Å². The van der Waals surface area contributed by atoms with E-state index >= 15 is 0 Å². The van der Waals surface area contributed by atoms with E-state index in [1.54, 1.807) is 18.2 Å². The minimum atomic E-state index is -3.54. The summed E-state index contributed by atoms with van der Waals surface area (Å²) in [6, 6.07) is 9.85. The van der Waals surface area contributed by atoms with Crippen molar-refractivity contribution >= 4 is 33.0 Å². The van der Waals surface area contributed by atoms with Crippen molar-refractivity contribution in [3.05, 3.63) is 58.7 Å². The predicted octanol–water partition coefficient (Wildman–Crippen LogP) is 4.60. The van der Waals surface area contributed by atoms with Crippen LogP contribution in [-0.2, 0) is 20.4 Å². The van der Waals surface area contributed by atoms with Gasteiger partial charge in [0, 0.05) is 12.1 Å². The van der Waals surface area contributed by atoms with Gasteiger partial charge in [-0.05, 0) is 55.5 Å². The zero-order valence-corrected chi connectivity index (χ0v) is 21.9. The lowest BCUT2D eigenvalue weighted by Crippen LogP contribution is -2.43. The van der Waals surface area contributed by atoms with E-state index in [4.69, 9.17) is 0 Å². The van der Waals surface area contributed by atoms with E-state index in [-0.39, 0.29) is 17.4 Å². The van der Waals surface area contributed by atoms with Gasteiger partial charge < -0.3 is 16.0 Å². The van der Waals surface area contributed by atoms with Crippen molar-refractivity contribution in [2.75, 3.05) is 22.9 Å². The van der Waals surface area contributed by atoms with E-state index in [0.717, 1.165) is 42.4 Å². The normalized spacial score (nSPS) is 16.1. The Labute approximate surface area is 209 Å². The fourth-order valence-electron chi connectivity index (χ4n) is 4.29. The minimum absolute atomic E-state index is 0.116. The van der Waals surface area contributed by atoms with Crippen LogP contribution in [0.2, 0.25) is 0 Å². The number of benzene rings is 2. The van der Waals surface area contributed by atoms with Crippen LogP contribution in [0, 0.1) is 19.8 Å². The third-order valence-electron chi connectivity index (χ3n) is 6.58. The van der Waals surface area contributed by atoms with E-state index in [2.05, 4.69) is 29.8 Å². The van der Waals surface area contributed by atoms with Crippen molar-refractivity contribution in [2.24, 2.45) is 5.92 Å². The first-order valence-electron chi connectivity index (χ1n) is 12.4. The second kappa shape index (κ2) is 11.7. The summed E-state index contributed by atoms with van der Waals surface area (Å²) in [7, 11) is -3.54. The molecule has 0 radical (unpaired) electrons. The Morgan fingerprint density at radius 2 is 1.86 bits per heavy atom. The van der Waals surface area contributed by atoms with Gasteiger partial charge in [0.05, 0.1) is 22.9 Å². The van der Waals surface area contributed by atoms with E-state index in [1.807, 2.05) is 32.0 Å². The maximum atomic E-state index is 12.9. The van der Waals surface area contributed by atoms with Crippen LogP contribution in [0.3, 0.4) is 0 Å². The standard InChI is InChI=1S/C27H37N3O4S/c1-5-7-8-20(6-2)15-28-26(31)21-11-12-23-24(14-21)30-27(32)25(29-23)17-35(33,34)16-22-13-18(3)9-10-19(22)4/h9-14,20,25,29H,5-8,15-17H2,1-4H3,(H,28,31)(H,30,32)/t20-,25+/m1/s1. The van der Waals surface area contributed by atoms with E-state index < -0.39 is 21.8 Å². The molecule has 0 bridgehead atoms. The quantitative estimate of drug-likeness (QED) is 0.419. The second-order valence-corrected chi connectivity index (χ2v) is 11.7. The predicted molar refractivity (Wildman–Crippen MR) is 142 cm³/mol. The lowest BCUT2D eigenvalue weighted by atomic mass is 9.99. The lowest BCUT2D eigenvalue weighted by Gasteiger charge is -2.27. The monoisotopic (exact) mass is 499 g/mol. The highest BCUT2D eigenvalue weighted by atomic mass is 32.2. The van der Waals surface area contributed by atoms with Gasteiger partial charge in [0.25, 0.3) is 5.91 Å². The van der Waals surface area contributed by atoms with Crippen molar-refractivity contribution in [2.45, 2.75) is 65.2 Å². The van der Waals surface area contributed by atoms with Crippen molar-refractivity contribution in [3.63, 3.8) is 0 Å². The highest BCUT2D eigenvalue weighted by Crippen LogP contribution is 2.29. The van der Waals surface area contributed by atoms with Crippen molar-refractivity contribution in [1.29, 1.82) is 0 Å². The first kappa shape index (κ1) is 26.7. The molecule has 0 aliphatic carbocycles. The van der Waals surface area contributed by atoms with Gasteiger partial charge in [0.2, 0.25) is 5.91 Å². The highest BCUT2D eigenvalue weighted by molar-refractivity contribution is 7.90. The number of sulfone groups is 1. The molecule has 190 valence electrons. The number of fused-ring (bicyclic) bond motifs is 1. The molecule has 7 nitrogen and oxygen atoms in total. The Bertz CT molecular complexity index is 1180. The number of rotatable bonds is 11. The number of carbonyl (C=O) groups is 2. The van der Waals surface area contributed by atoms with Crippen LogP contribution in [0.1, 0.15) is 66.6 Å². The van der Waals surface area contributed by atoms with Gasteiger partial charge in [-0.25, -0.2) is 8.42 Å². The van der Waals surface area contributed by atoms with E-state index in [9.17, 15) is 18.0 Å². The molecule has 3 N–H and O–H groups in total.